The number of nitrogens with zero attached hydrogens (tertiary/aromatic N) is 2. The highest BCUT2D eigenvalue weighted by Crippen LogP contribution is 2.12. The Morgan fingerprint density at radius 1 is 1.36 bits per heavy atom. The van der Waals surface area contributed by atoms with Crippen LogP contribution in [-0.2, 0) is 24.7 Å². The molecule has 1 heterocycles. The minimum Gasteiger partial charge on any atom is -0.356 e. The van der Waals surface area contributed by atoms with Gasteiger partial charge in [0.15, 0.2) is 4.77 Å². The molecule has 22 heavy (non-hydrogen) atoms. The summed E-state index contributed by atoms with van der Waals surface area (Å²) in [5.74, 6) is 0.913. The number of rotatable bonds is 6. The van der Waals surface area contributed by atoms with Crippen LogP contribution in [0.2, 0.25) is 0 Å². The highest BCUT2D eigenvalue weighted by atomic mass is 32.1. The summed E-state index contributed by atoms with van der Waals surface area (Å²) in [6.45, 7) is 4.73. The number of hydrogen-bond acceptors (Lipinski definition) is 3. The van der Waals surface area contributed by atoms with Gasteiger partial charge in [0.05, 0.1) is 0 Å². The molecule has 0 saturated carbocycles. The molecule has 0 atom stereocenters. The van der Waals surface area contributed by atoms with E-state index in [9.17, 15) is 4.79 Å². The lowest BCUT2D eigenvalue weighted by Gasteiger charge is -2.08. The highest BCUT2D eigenvalue weighted by molar-refractivity contribution is 7.71. The summed E-state index contributed by atoms with van der Waals surface area (Å²) in [5, 5.41) is 9.78. The summed E-state index contributed by atoms with van der Waals surface area (Å²) < 4.78 is 2.41. The molecular weight excluding hydrogens is 296 g/mol. The normalized spacial score (nSPS) is 10.7. The molecule has 0 aliphatic carbocycles. The fourth-order valence-corrected chi connectivity index (χ4v) is 2.53. The molecule has 0 radical (unpaired) electrons. The lowest BCUT2D eigenvalue weighted by Crippen LogP contribution is -2.26. The van der Waals surface area contributed by atoms with Gasteiger partial charge in [-0.2, -0.15) is 5.10 Å². The van der Waals surface area contributed by atoms with Crippen molar-refractivity contribution in [1.29, 1.82) is 0 Å². The maximum absolute atomic E-state index is 11.9. The van der Waals surface area contributed by atoms with Crippen LogP contribution in [0, 0.1) is 18.6 Å². The van der Waals surface area contributed by atoms with Crippen LogP contribution in [0.15, 0.2) is 18.2 Å². The first-order chi connectivity index (χ1) is 10.5. The predicted octanol–water partition coefficient (Wildman–Crippen LogP) is 2.39. The van der Waals surface area contributed by atoms with Crippen molar-refractivity contribution in [3.63, 3.8) is 0 Å². The van der Waals surface area contributed by atoms with Gasteiger partial charge in [0.25, 0.3) is 0 Å². The standard InChI is InChI=1S/C16H22N4OS/c1-11-4-5-13(12(2)10-11)6-7-15(21)17-9-8-14-18-19-16(22)20(14)3/h4-5,10H,6-9H2,1-3H3,(H,17,21)(H,19,22). The van der Waals surface area contributed by atoms with Gasteiger partial charge in [0, 0.05) is 26.4 Å². The van der Waals surface area contributed by atoms with Gasteiger partial charge in [0.2, 0.25) is 5.91 Å². The Bertz CT molecular complexity index is 717. The third kappa shape index (κ3) is 4.27. The van der Waals surface area contributed by atoms with E-state index >= 15 is 0 Å². The van der Waals surface area contributed by atoms with Crippen LogP contribution in [0.4, 0.5) is 0 Å². The van der Waals surface area contributed by atoms with Gasteiger partial charge >= 0.3 is 0 Å². The zero-order valence-electron chi connectivity index (χ0n) is 13.3. The quantitative estimate of drug-likeness (QED) is 0.804. The van der Waals surface area contributed by atoms with Crippen LogP contribution >= 0.6 is 12.2 Å². The van der Waals surface area contributed by atoms with Gasteiger partial charge in [-0.3, -0.25) is 9.89 Å². The Morgan fingerprint density at radius 3 is 2.77 bits per heavy atom. The first-order valence-corrected chi connectivity index (χ1v) is 7.81. The summed E-state index contributed by atoms with van der Waals surface area (Å²) in [7, 11) is 1.86. The molecule has 1 amide bonds. The molecule has 2 aromatic rings. The highest BCUT2D eigenvalue weighted by Gasteiger charge is 2.06. The number of aromatic nitrogens is 3. The SMILES string of the molecule is Cc1ccc(CCC(=O)NCCc2n[nH]c(=S)n2C)c(C)c1. The van der Waals surface area contributed by atoms with Gasteiger partial charge in [-0.05, 0) is 43.6 Å². The zero-order valence-corrected chi connectivity index (χ0v) is 14.1. The molecule has 6 heteroatoms. The van der Waals surface area contributed by atoms with Crippen LogP contribution in [0.25, 0.3) is 0 Å². The van der Waals surface area contributed by atoms with E-state index < -0.39 is 0 Å². The second kappa shape index (κ2) is 7.35. The summed E-state index contributed by atoms with van der Waals surface area (Å²) in [6.07, 6.45) is 1.94. The van der Waals surface area contributed by atoms with E-state index in [1.807, 2.05) is 11.6 Å². The number of amides is 1. The molecule has 5 nitrogen and oxygen atoms in total. The van der Waals surface area contributed by atoms with Gasteiger partial charge in [0.1, 0.15) is 5.82 Å². The number of carbonyl (C=O) groups is 1. The van der Waals surface area contributed by atoms with Crippen LogP contribution in [0.1, 0.15) is 28.9 Å². The molecule has 0 fully saturated rings. The summed E-state index contributed by atoms with van der Waals surface area (Å²) in [5.41, 5.74) is 3.73. The number of hydrogen-bond donors (Lipinski definition) is 2. The van der Waals surface area contributed by atoms with Crippen molar-refractivity contribution < 1.29 is 4.79 Å². The van der Waals surface area contributed by atoms with E-state index in [4.69, 9.17) is 12.2 Å². The maximum Gasteiger partial charge on any atom is 0.220 e. The number of benzene rings is 1. The Kier molecular flexibility index (Phi) is 5.49. The van der Waals surface area contributed by atoms with Crippen molar-refractivity contribution in [1.82, 2.24) is 20.1 Å². The number of aromatic amines is 1. The zero-order chi connectivity index (χ0) is 16.1. The van der Waals surface area contributed by atoms with E-state index in [1.165, 1.54) is 16.7 Å². The average Bonchev–Trinajstić information content (AvgIpc) is 2.78. The summed E-state index contributed by atoms with van der Waals surface area (Å²) >= 11 is 5.05. The van der Waals surface area contributed by atoms with E-state index in [2.05, 4.69) is 47.6 Å². The second-order valence-corrected chi connectivity index (χ2v) is 5.92. The lowest BCUT2D eigenvalue weighted by atomic mass is 10.0. The van der Waals surface area contributed by atoms with Crippen molar-refractivity contribution in [2.75, 3.05) is 6.54 Å². The van der Waals surface area contributed by atoms with E-state index in [0.717, 1.165) is 12.2 Å². The van der Waals surface area contributed by atoms with E-state index in [1.54, 1.807) is 0 Å². The fraction of sp³-hybridized carbons (Fsp3) is 0.438. The Morgan fingerprint density at radius 2 is 2.14 bits per heavy atom. The number of nitrogens with one attached hydrogen (secondary N) is 2. The molecule has 1 aromatic heterocycles. The van der Waals surface area contributed by atoms with Crippen LogP contribution in [-0.4, -0.2) is 27.2 Å². The Labute approximate surface area is 135 Å². The minimum absolute atomic E-state index is 0.0664. The van der Waals surface area contributed by atoms with Crippen LogP contribution in [0.3, 0.4) is 0 Å². The fourth-order valence-electron chi connectivity index (χ4n) is 2.38. The molecule has 0 aliphatic heterocycles. The largest absolute Gasteiger partial charge is 0.356 e. The predicted molar refractivity (Wildman–Crippen MR) is 89.3 cm³/mol. The van der Waals surface area contributed by atoms with Gasteiger partial charge in [-0.15, -0.1) is 0 Å². The second-order valence-electron chi connectivity index (χ2n) is 5.53. The monoisotopic (exact) mass is 318 g/mol. The molecule has 118 valence electrons. The molecule has 0 saturated heterocycles. The Balaban J connectivity index is 1.76. The average molecular weight is 318 g/mol. The maximum atomic E-state index is 11.9. The van der Waals surface area contributed by atoms with Crippen molar-refractivity contribution in [2.45, 2.75) is 33.1 Å². The van der Waals surface area contributed by atoms with Crippen molar-refractivity contribution in [2.24, 2.45) is 7.05 Å². The molecular formula is C16H22N4OS. The number of carbonyl (C=O) groups excluding carboxylic acids is 1. The molecule has 0 bridgehead atoms. The van der Waals surface area contributed by atoms with Crippen LogP contribution < -0.4 is 5.32 Å². The van der Waals surface area contributed by atoms with Crippen LogP contribution in [0.5, 0.6) is 0 Å². The van der Waals surface area contributed by atoms with E-state index in [0.29, 0.717) is 24.2 Å². The first-order valence-electron chi connectivity index (χ1n) is 7.40. The lowest BCUT2D eigenvalue weighted by molar-refractivity contribution is -0.121. The van der Waals surface area contributed by atoms with Gasteiger partial charge in [-0.25, -0.2) is 0 Å². The third-order valence-electron chi connectivity index (χ3n) is 3.76. The number of aryl methyl sites for hydroxylation is 3. The summed E-state index contributed by atoms with van der Waals surface area (Å²) in [4.78, 5) is 11.9. The smallest absolute Gasteiger partial charge is 0.220 e. The first kappa shape index (κ1) is 16.4. The van der Waals surface area contributed by atoms with Gasteiger partial charge < -0.3 is 9.88 Å². The number of H-pyrrole nitrogens is 1. The molecule has 2 N–H and O–H groups in total. The van der Waals surface area contributed by atoms with Crippen molar-refractivity contribution >= 4 is 18.1 Å². The van der Waals surface area contributed by atoms with E-state index in [-0.39, 0.29) is 5.91 Å². The molecule has 1 aromatic carbocycles. The molecule has 0 spiro atoms. The molecule has 2 rings (SSSR count). The van der Waals surface area contributed by atoms with Gasteiger partial charge in [-0.1, -0.05) is 23.8 Å². The minimum atomic E-state index is 0.0664. The molecule has 0 unspecified atom stereocenters. The third-order valence-corrected chi connectivity index (χ3v) is 4.13. The van der Waals surface area contributed by atoms with Crippen molar-refractivity contribution in [3.05, 3.63) is 45.5 Å². The summed E-state index contributed by atoms with van der Waals surface area (Å²) in [6, 6.07) is 6.34. The topological polar surface area (TPSA) is 62.7 Å². The van der Waals surface area contributed by atoms with Crippen molar-refractivity contribution in [3.8, 4) is 0 Å². The Hall–Kier alpha value is -1.95. The molecule has 0 aliphatic rings.